The van der Waals surface area contributed by atoms with Crippen molar-refractivity contribution in [3.63, 3.8) is 0 Å². The molecule has 1 aliphatic rings. The molecule has 1 fully saturated rings. The van der Waals surface area contributed by atoms with Crippen molar-refractivity contribution >= 4 is 11.8 Å². The summed E-state index contributed by atoms with van der Waals surface area (Å²) in [5, 5.41) is 14.5. The number of nitrogens with two attached hydrogens (primary N) is 1. The number of hydrogen-bond acceptors (Lipinski definition) is 4. The van der Waals surface area contributed by atoms with E-state index in [0.29, 0.717) is 0 Å². The molecule has 0 aliphatic heterocycles. The Morgan fingerprint density at radius 2 is 1.81 bits per heavy atom. The van der Waals surface area contributed by atoms with Crippen LogP contribution in [0.2, 0.25) is 0 Å². The molecule has 0 saturated heterocycles. The normalized spacial score (nSPS) is 24.9. The molecule has 1 saturated carbocycles. The minimum Gasteiger partial charge on any atom is -0.393 e. The topological polar surface area (TPSA) is 104 Å². The maximum Gasteiger partial charge on any atom is 0.239 e. The second-order valence-electron chi connectivity index (χ2n) is 4.05. The Bertz CT molecular complexity index is 250. The molecule has 5 N–H and O–H groups in total. The molecule has 6 nitrogen and oxygen atoms in total. The van der Waals surface area contributed by atoms with Gasteiger partial charge >= 0.3 is 0 Å². The fourth-order valence-electron chi connectivity index (χ4n) is 1.75. The summed E-state index contributed by atoms with van der Waals surface area (Å²) in [6.07, 6.45) is 2.79. The van der Waals surface area contributed by atoms with Crippen molar-refractivity contribution in [1.82, 2.24) is 10.6 Å². The molecule has 1 rings (SSSR count). The first-order valence-corrected chi connectivity index (χ1v) is 5.56. The van der Waals surface area contributed by atoms with E-state index in [1.165, 1.54) is 0 Å². The van der Waals surface area contributed by atoms with Crippen LogP contribution in [0.3, 0.4) is 0 Å². The maximum atomic E-state index is 11.4. The Hall–Kier alpha value is -1.14. The molecule has 2 amide bonds. The second kappa shape index (κ2) is 6.44. The van der Waals surface area contributed by atoms with Crippen LogP contribution in [0.1, 0.15) is 25.7 Å². The van der Waals surface area contributed by atoms with Gasteiger partial charge in [-0.1, -0.05) is 0 Å². The fraction of sp³-hybridized carbons (Fsp3) is 0.800. The largest absolute Gasteiger partial charge is 0.393 e. The Labute approximate surface area is 94.6 Å². The molecule has 16 heavy (non-hydrogen) atoms. The fourth-order valence-corrected chi connectivity index (χ4v) is 1.75. The Balaban J connectivity index is 2.16. The molecule has 92 valence electrons. The summed E-state index contributed by atoms with van der Waals surface area (Å²) < 4.78 is 0. The lowest BCUT2D eigenvalue weighted by Crippen LogP contribution is -2.44. The summed E-state index contributed by atoms with van der Waals surface area (Å²) in [7, 11) is 0. The van der Waals surface area contributed by atoms with Crippen molar-refractivity contribution in [1.29, 1.82) is 0 Å². The molecule has 0 radical (unpaired) electrons. The molecular formula is C10H19N3O3. The van der Waals surface area contributed by atoms with Crippen LogP contribution < -0.4 is 16.4 Å². The first kappa shape index (κ1) is 12.9. The van der Waals surface area contributed by atoms with E-state index in [1.54, 1.807) is 0 Å². The molecule has 6 heteroatoms. The van der Waals surface area contributed by atoms with Crippen LogP contribution in [-0.4, -0.2) is 42.2 Å². The number of carbonyl (C=O) groups excluding carboxylic acids is 2. The van der Waals surface area contributed by atoms with Gasteiger partial charge in [-0.2, -0.15) is 0 Å². The standard InChI is InChI=1S/C10H19N3O3/c11-5-9(15)12-6-10(16)13-7-1-3-8(14)4-2-7/h7-8,14H,1-6,11H2,(H,12,15)(H,13,16). The number of amides is 2. The van der Waals surface area contributed by atoms with E-state index in [0.717, 1.165) is 25.7 Å². The smallest absolute Gasteiger partial charge is 0.239 e. The molecule has 0 aromatic heterocycles. The van der Waals surface area contributed by atoms with E-state index < -0.39 is 0 Å². The molecule has 0 bridgehead atoms. The number of aliphatic hydroxyl groups is 1. The third-order valence-corrected chi connectivity index (χ3v) is 2.69. The van der Waals surface area contributed by atoms with Crippen LogP contribution in [0.5, 0.6) is 0 Å². The van der Waals surface area contributed by atoms with E-state index in [-0.39, 0.29) is 37.0 Å². The van der Waals surface area contributed by atoms with Crippen LogP contribution in [0, 0.1) is 0 Å². The van der Waals surface area contributed by atoms with Gasteiger partial charge in [0, 0.05) is 6.04 Å². The van der Waals surface area contributed by atoms with Gasteiger partial charge < -0.3 is 21.5 Å². The zero-order valence-corrected chi connectivity index (χ0v) is 9.24. The Morgan fingerprint density at radius 3 is 2.38 bits per heavy atom. The van der Waals surface area contributed by atoms with Crippen molar-refractivity contribution < 1.29 is 14.7 Å². The highest BCUT2D eigenvalue weighted by atomic mass is 16.3. The monoisotopic (exact) mass is 229 g/mol. The zero-order chi connectivity index (χ0) is 12.0. The van der Waals surface area contributed by atoms with Crippen molar-refractivity contribution in [2.24, 2.45) is 5.73 Å². The highest BCUT2D eigenvalue weighted by Gasteiger charge is 2.20. The molecule has 0 atom stereocenters. The average Bonchev–Trinajstić information content (AvgIpc) is 2.29. The van der Waals surface area contributed by atoms with E-state index in [1.807, 2.05) is 0 Å². The van der Waals surface area contributed by atoms with E-state index in [4.69, 9.17) is 5.73 Å². The first-order chi connectivity index (χ1) is 7.61. The quantitative estimate of drug-likeness (QED) is 0.470. The van der Waals surface area contributed by atoms with Crippen molar-refractivity contribution in [3.05, 3.63) is 0 Å². The summed E-state index contributed by atoms with van der Waals surface area (Å²) in [5.41, 5.74) is 5.09. The highest BCUT2D eigenvalue weighted by Crippen LogP contribution is 2.17. The van der Waals surface area contributed by atoms with E-state index in [2.05, 4.69) is 10.6 Å². The SMILES string of the molecule is NCC(=O)NCC(=O)NC1CCC(O)CC1. The van der Waals surface area contributed by atoms with Crippen LogP contribution in [0.15, 0.2) is 0 Å². The molecule has 0 unspecified atom stereocenters. The van der Waals surface area contributed by atoms with Gasteiger partial charge in [-0.25, -0.2) is 0 Å². The van der Waals surface area contributed by atoms with Gasteiger partial charge in [0.25, 0.3) is 0 Å². The van der Waals surface area contributed by atoms with Gasteiger partial charge in [-0.15, -0.1) is 0 Å². The van der Waals surface area contributed by atoms with Crippen LogP contribution in [0.4, 0.5) is 0 Å². The van der Waals surface area contributed by atoms with Gasteiger partial charge in [0.05, 0.1) is 19.2 Å². The second-order valence-corrected chi connectivity index (χ2v) is 4.05. The van der Waals surface area contributed by atoms with Crippen molar-refractivity contribution in [2.75, 3.05) is 13.1 Å². The molecular weight excluding hydrogens is 210 g/mol. The van der Waals surface area contributed by atoms with E-state index in [9.17, 15) is 14.7 Å². The van der Waals surface area contributed by atoms with Gasteiger partial charge in [0.1, 0.15) is 0 Å². The van der Waals surface area contributed by atoms with Gasteiger partial charge in [0.2, 0.25) is 11.8 Å². The van der Waals surface area contributed by atoms with Crippen molar-refractivity contribution in [2.45, 2.75) is 37.8 Å². The number of nitrogens with one attached hydrogen (secondary N) is 2. The lowest BCUT2D eigenvalue weighted by molar-refractivity contribution is -0.126. The molecule has 0 spiro atoms. The number of hydrogen-bond donors (Lipinski definition) is 4. The lowest BCUT2D eigenvalue weighted by Gasteiger charge is -2.26. The molecule has 0 aromatic rings. The summed E-state index contributed by atoms with van der Waals surface area (Å²) in [6, 6.07) is 0.116. The van der Waals surface area contributed by atoms with Gasteiger partial charge in [-0.05, 0) is 25.7 Å². The Kier molecular flexibility index (Phi) is 5.21. The van der Waals surface area contributed by atoms with Crippen LogP contribution >= 0.6 is 0 Å². The van der Waals surface area contributed by atoms with Crippen LogP contribution in [-0.2, 0) is 9.59 Å². The summed E-state index contributed by atoms with van der Waals surface area (Å²) >= 11 is 0. The number of aliphatic hydroxyl groups excluding tert-OH is 1. The Morgan fingerprint density at radius 1 is 1.19 bits per heavy atom. The first-order valence-electron chi connectivity index (χ1n) is 5.56. The summed E-state index contributed by atoms with van der Waals surface area (Å²) in [5.74, 6) is -0.544. The highest BCUT2D eigenvalue weighted by molar-refractivity contribution is 5.85. The summed E-state index contributed by atoms with van der Waals surface area (Å²) in [6.45, 7) is -0.141. The molecule has 0 aromatic carbocycles. The maximum absolute atomic E-state index is 11.4. The lowest BCUT2D eigenvalue weighted by atomic mass is 9.93. The third kappa shape index (κ3) is 4.59. The molecule has 1 aliphatic carbocycles. The van der Waals surface area contributed by atoms with Gasteiger partial charge in [0.15, 0.2) is 0 Å². The average molecular weight is 229 g/mol. The summed E-state index contributed by atoms with van der Waals surface area (Å²) in [4.78, 5) is 22.2. The third-order valence-electron chi connectivity index (χ3n) is 2.69. The molecule has 0 heterocycles. The van der Waals surface area contributed by atoms with E-state index >= 15 is 0 Å². The van der Waals surface area contributed by atoms with Crippen molar-refractivity contribution in [3.8, 4) is 0 Å². The zero-order valence-electron chi connectivity index (χ0n) is 9.24. The number of rotatable bonds is 4. The van der Waals surface area contributed by atoms with Crippen LogP contribution in [0.25, 0.3) is 0 Å². The number of carbonyl (C=O) groups is 2. The minimum atomic E-state index is -0.339. The predicted octanol–water partition coefficient (Wildman–Crippen LogP) is -1.52. The predicted molar refractivity (Wildman–Crippen MR) is 58.5 cm³/mol. The minimum absolute atomic E-state index is 0.0327. The van der Waals surface area contributed by atoms with Gasteiger partial charge in [-0.3, -0.25) is 9.59 Å².